The minimum atomic E-state index is -0.937. The van der Waals surface area contributed by atoms with Crippen molar-refractivity contribution in [2.75, 3.05) is 4.90 Å². The van der Waals surface area contributed by atoms with Crippen LogP contribution in [0.15, 0.2) is 35.0 Å². The van der Waals surface area contributed by atoms with Gasteiger partial charge in [-0.05, 0) is 43.5 Å². The highest BCUT2D eigenvalue weighted by molar-refractivity contribution is 6.30. The molecule has 0 bridgehead atoms. The number of rotatable bonds is 5. The number of aliphatic carboxylic acids is 1. The molecule has 4 nitrogen and oxygen atoms in total. The Balaban J connectivity index is 2.36. The first-order valence-corrected chi connectivity index (χ1v) is 7.45. The molecule has 1 atom stereocenters. The number of aliphatic imine (C=N–C) groups is 1. The molecular formula is C16H19ClN2O2. The summed E-state index contributed by atoms with van der Waals surface area (Å²) in [5, 5.41) is 9.93. The second kappa shape index (κ2) is 6.76. The fraction of sp³-hybridized carbons (Fsp3) is 0.375. The first-order chi connectivity index (χ1) is 10.0. The van der Waals surface area contributed by atoms with E-state index in [0.717, 1.165) is 30.5 Å². The third kappa shape index (κ3) is 3.45. The number of nitrogens with zero attached hydrogens (tertiary/aromatic N) is 2. The van der Waals surface area contributed by atoms with Crippen LogP contribution in [0.4, 0.5) is 5.69 Å². The van der Waals surface area contributed by atoms with E-state index in [1.807, 2.05) is 30.0 Å². The van der Waals surface area contributed by atoms with Crippen molar-refractivity contribution in [3.63, 3.8) is 0 Å². The normalized spacial score (nSPS) is 17.8. The summed E-state index contributed by atoms with van der Waals surface area (Å²) in [5.74, 6) is -0.937. The number of carboxylic acid groups (broad SMARTS) is 1. The quantitative estimate of drug-likeness (QED) is 0.898. The summed E-state index contributed by atoms with van der Waals surface area (Å²) in [7, 11) is 0. The number of aryl methyl sites for hydroxylation is 1. The minimum absolute atomic E-state index is 0.262. The molecule has 1 aliphatic rings. The molecule has 1 aromatic carbocycles. The van der Waals surface area contributed by atoms with Crippen LogP contribution < -0.4 is 4.90 Å². The van der Waals surface area contributed by atoms with Crippen molar-refractivity contribution >= 4 is 29.6 Å². The molecule has 1 heterocycles. The van der Waals surface area contributed by atoms with Crippen molar-refractivity contribution in [1.29, 1.82) is 0 Å². The van der Waals surface area contributed by atoms with E-state index >= 15 is 0 Å². The summed E-state index contributed by atoms with van der Waals surface area (Å²) in [5.41, 5.74) is 2.37. The van der Waals surface area contributed by atoms with Crippen LogP contribution in [0.2, 0.25) is 5.02 Å². The van der Waals surface area contributed by atoms with E-state index in [9.17, 15) is 9.90 Å². The van der Waals surface area contributed by atoms with Crippen LogP contribution in [0, 0.1) is 0 Å². The highest BCUT2D eigenvalue weighted by Crippen LogP contribution is 2.29. The van der Waals surface area contributed by atoms with E-state index in [1.165, 1.54) is 6.20 Å². The van der Waals surface area contributed by atoms with Crippen molar-refractivity contribution in [3.05, 3.63) is 40.6 Å². The van der Waals surface area contributed by atoms with Gasteiger partial charge in [-0.2, -0.15) is 0 Å². The molecular weight excluding hydrogens is 288 g/mol. The fourth-order valence-corrected chi connectivity index (χ4v) is 2.62. The molecule has 21 heavy (non-hydrogen) atoms. The molecule has 1 aliphatic heterocycles. The van der Waals surface area contributed by atoms with Gasteiger partial charge in [0.15, 0.2) is 0 Å². The van der Waals surface area contributed by atoms with Crippen LogP contribution in [-0.4, -0.2) is 23.5 Å². The molecule has 0 saturated heterocycles. The zero-order chi connectivity index (χ0) is 15.4. The second-order valence-electron chi connectivity index (χ2n) is 5.11. The lowest BCUT2D eigenvalue weighted by Crippen LogP contribution is -2.38. The summed E-state index contributed by atoms with van der Waals surface area (Å²) in [6.45, 7) is 4.00. The van der Waals surface area contributed by atoms with Crippen molar-refractivity contribution in [2.24, 2.45) is 4.99 Å². The molecule has 1 unspecified atom stereocenters. The van der Waals surface area contributed by atoms with Gasteiger partial charge >= 0.3 is 5.97 Å². The third-order valence-electron chi connectivity index (χ3n) is 3.64. The number of hydrogen-bond donors (Lipinski definition) is 1. The summed E-state index contributed by atoms with van der Waals surface area (Å²) >= 11 is 6.09. The average Bonchev–Trinajstić information content (AvgIpc) is 2.45. The summed E-state index contributed by atoms with van der Waals surface area (Å²) < 4.78 is 0. The Kier molecular flexibility index (Phi) is 5.02. The molecule has 0 saturated carbocycles. The first kappa shape index (κ1) is 15.6. The largest absolute Gasteiger partial charge is 0.478 e. The monoisotopic (exact) mass is 306 g/mol. The number of carbonyl (C=O) groups is 1. The number of anilines is 1. The van der Waals surface area contributed by atoms with Crippen LogP contribution in [0.25, 0.3) is 0 Å². The van der Waals surface area contributed by atoms with E-state index in [4.69, 9.17) is 11.6 Å². The SMILES string of the molecule is CCCCc1cc(Cl)ccc1N1C=NC=C(C(=O)O)C1C. The van der Waals surface area contributed by atoms with E-state index in [1.54, 1.807) is 6.34 Å². The molecule has 2 rings (SSSR count). The van der Waals surface area contributed by atoms with Gasteiger partial charge in [0.2, 0.25) is 0 Å². The third-order valence-corrected chi connectivity index (χ3v) is 3.87. The maximum Gasteiger partial charge on any atom is 0.335 e. The lowest BCUT2D eigenvalue weighted by molar-refractivity contribution is -0.132. The Morgan fingerprint density at radius 2 is 2.24 bits per heavy atom. The smallest absolute Gasteiger partial charge is 0.335 e. The number of unbranched alkanes of at least 4 members (excludes halogenated alkanes) is 1. The van der Waals surface area contributed by atoms with E-state index < -0.39 is 5.97 Å². The van der Waals surface area contributed by atoms with Crippen molar-refractivity contribution in [2.45, 2.75) is 39.2 Å². The van der Waals surface area contributed by atoms with Crippen LogP contribution >= 0.6 is 11.6 Å². The standard InChI is InChI=1S/C16H19ClN2O2/c1-3-4-5-12-8-13(17)6-7-15(12)19-10-18-9-14(11(19)2)16(20)21/h6-11H,3-5H2,1-2H3,(H,20,21). The van der Waals surface area contributed by atoms with Crippen molar-refractivity contribution in [1.82, 2.24) is 0 Å². The Morgan fingerprint density at radius 3 is 2.90 bits per heavy atom. The number of halogens is 1. The Morgan fingerprint density at radius 1 is 1.48 bits per heavy atom. The maximum absolute atomic E-state index is 11.3. The van der Waals surface area contributed by atoms with Gasteiger partial charge in [-0.1, -0.05) is 24.9 Å². The number of benzene rings is 1. The summed E-state index contributed by atoms with van der Waals surface area (Å²) in [6, 6.07) is 5.44. The number of carboxylic acids is 1. The van der Waals surface area contributed by atoms with Crippen LogP contribution in [-0.2, 0) is 11.2 Å². The van der Waals surface area contributed by atoms with Crippen molar-refractivity contribution < 1.29 is 9.90 Å². The molecule has 5 heteroatoms. The molecule has 1 aromatic rings. The minimum Gasteiger partial charge on any atom is -0.478 e. The van der Waals surface area contributed by atoms with Gasteiger partial charge in [0.25, 0.3) is 0 Å². The molecule has 0 spiro atoms. The van der Waals surface area contributed by atoms with E-state index in [0.29, 0.717) is 5.02 Å². The van der Waals surface area contributed by atoms with Gasteiger partial charge in [0.05, 0.1) is 18.0 Å². The van der Waals surface area contributed by atoms with Crippen molar-refractivity contribution in [3.8, 4) is 0 Å². The van der Waals surface area contributed by atoms with E-state index in [2.05, 4.69) is 11.9 Å². The van der Waals surface area contributed by atoms with Gasteiger partial charge in [-0.15, -0.1) is 0 Å². The highest BCUT2D eigenvalue weighted by Gasteiger charge is 2.26. The highest BCUT2D eigenvalue weighted by atomic mass is 35.5. The lowest BCUT2D eigenvalue weighted by Gasteiger charge is -2.31. The molecule has 0 radical (unpaired) electrons. The molecule has 0 aromatic heterocycles. The fourth-order valence-electron chi connectivity index (χ4n) is 2.42. The zero-order valence-electron chi connectivity index (χ0n) is 12.2. The molecule has 0 aliphatic carbocycles. The van der Waals surface area contributed by atoms with Gasteiger partial charge in [-0.25, -0.2) is 9.79 Å². The Hall–Kier alpha value is -1.81. The van der Waals surface area contributed by atoms with Crippen LogP contribution in [0.3, 0.4) is 0 Å². The van der Waals surface area contributed by atoms with Crippen LogP contribution in [0.1, 0.15) is 32.3 Å². The summed E-state index contributed by atoms with van der Waals surface area (Å²) in [6.07, 6.45) is 6.15. The topological polar surface area (TPSA) is 52.9 Å². The van der Waals surface area contributed by atoms with Crippen LogP contribution in [0.5, 0.6) is 0 Å². The summed E-state index contributed by atoms with van der Waals surface area (Å²) in [4.78, 5) is 17.2. The van der Waals surface area contributed by atoms with Gasteiger partial charge in [0.1, 0.15) is 0 Å². The first-order valence-electron chi connectivity index (χ1n) is 7.08. The number of hydrogen-bond acceptors (Lipinski definition) is 3. The zero-order valence-corrected chi connectivity index (χ0v) is 13.0. The predicted molar refractivity (Wildman–Crippen MR) is 86.2 cm³/mol. The second-order valence-corrected chi connectivity index (χ2v) is 5.55. The Bertz CT molecular complexity index is 596. The predicted octanol–water partition coefficient (Wildman–Crippen LogP) is 3.89. The molecule has 1 N–H and O–H groups in total. The maximum atomic E-state index is 11.3. The van der Waals surface area contributed by atoms with Gasteiger partial charge in [0, 0.05) is 16.9 Å². The molecule has 0 amide bonds. The lowest BCUT2D eigenvalue weighted by atomic mass is 10.0. The average molecular weight is 307 g/mol. The van der Waals surface area contributed by atoms with Gasteiger partial charge in [-0.3, -0.25) is 0 Å². The Labute approximate surface area is 129 Å². The van der Waals surface area contributed by atoms with Gasteiger partial charge < -0.3 is 10.0 Å². The molecule has 0 fully saturated rings. The van der Waals surface area contributed by atoms with E-state index in [-0.39, 0.29) is 11.6 Å². The molecule has 112 valence electrons.